The van der Waals surface area contributed by atoms with Crippen LogP contribution in [-0.2, 0) is 11.2 Å². The maximum absolute atomic E-state index is 10.6. The van der Waals surface area contributed by atoms with E-state index in [-0.39, 0.29) is 6.04 Å². The van der Waals surface area contributed by atoms with E-state index in [1.807, 2.05) is 13.8 Å². The van der Waals surface area contributed by atoms with Crippen LogP contribution in [0.4, 0.5) is 0 Å². The molecule has 0 bridgehead atoms. The Morgan fingerprint density at radius 3 is 2.64 bits per heavy atom. The highest BCUT2D eigenvalue weighted by Crippen LogP contribution is 2.08. The Balaban J connectivity index is 2.64. The second kappa shape index (κ2) is 4.21. The van der Waals surface area contributed by atoms with E-state index in [1.165, 1.54) is 0 Å². The lowest BCUT2D eigenvalue weighted by molar-refractivity contribution is -0.141. The summed E-state index contributed by atoms with van der Waals surface area (Å²) in [5, 5.41) is 16.5. The summed E-state index contributed by atoms with van der Waals surface area (Å²) in [4.78, 5) is 10.6. The number of carbonyl (C=O) groups is 1. The molecule has 1 heterocycles. The summed E-state index contributed by atoms with van der Waals surface area (Å²) in [6.07, 6.45) is 2.23. The second-order valence-electron chi connectivity index (χ2n) is 3.73. The van der Waals surface area contributed by atoms with Crippen molar-refractivity contribution in [2.45, 2.75) is 33.2 Å². The summed E-state index contributed by atoms with van der Waals surface area (Å²) in [5.74, 6) is -1.21. The number of aromatic nitrogens is 3. The smallest absolute Gasteiger partial charge is 0.306 e. The lowest BCUT2D eigenvalue weighted by Gasteiger charge is -2.02. The first kappa shape index (κ1) is 10.7. The van der Waals surface area contributed by atoms with E-state index in [0.29, 0.717) is 6.42 Å². The first-order valence-corrected chi connectivity index (χ1v) is 4.64. The highest BCUT2D eigenvalue weighted by Gasteiger charge is 2.14. The van der Waals surface area contributed by atoms with Gasteiger partial charge in [-0.3, -0.25) is 4.79 Å². The second-order valence-corrected chi connectivity index (χ2v) is 3.73. The molecule has 0 spiro atoms. The standard InChI is InChI=1S/C9H15N3O2/c1-6(2)12-5-8(10-11-12)4-7(3)9(13)14/h5-7H,4H2,1-3H3,(H,13,14). The van der Waals surface area contributed by atoms with Crippen molar-refractivity contribution in [2.75, 3.05) is 0 Å². The first-order chi connectivity index (χ1) is 6.50. The SMILES string of the molecule is CC(Cc1cn(C(C)C)nn1)C(=O)O. The number of carboxylic acids is 1. The first-order valence-electron chi connectivity index (χ1n) is 4.64. The third kappa shape index (κ3) is 2.55. The van der Waals surface area contributed by atoms with Crippen LogP contribution in [0.3, 0.4) is 0 Å². The van der Waals surface area contributed by atoms with Crippen LogP contribution in [0.2, 0.25) is 0 Å². The number of nitrogens with zero attached hydrogens (tertiary/aromatic N) is 3. The Bertz CT molecular complexity index is 320. The Morgan fingerprint density at radius 2 is 2.21 bits per heavy atom. The zero-order valence-corrected chi connectivity index (χ0v) is 8.64. The van der Waals surface area contributed by atoms with Gasteiger partial charge in [0.15, 0.2) is 0 Å². The minimum absolute atomic E-state index is 0.261. The van der Waals surface area contributed by atoms with Gasteiger partial charge in [-0.2, -0.15) is 0 Å². The van der Waals surface area contributed by atoms with E-state index >= 15 is 0 Å². The third-order valence-electron chi connectivity index (χ3n) is 2.02. The van der Waals surface area contributed by atoms with Gasteiger partial charge in [0.25, 0.3) is 0 Å². The molecule has 0 aliphatic heterocycles. The summed E-state index contributed by atoms with van der Waals surface area (Å²) < 4.78 is 1.73. The van der Waals surface area contributed by atoms with E-state index in [0.717, 1.165) is 5.69 Å². The van der Waals surface area contributed by atoms with E-state index in [4.69, 9.17) is 5.11 Å². The average molecular weight is 197 g/mol. The molecule has 1 aromatic rings. The van der Waals surface area contributed by atoms with Gasteiger partial charge in [-0.1, -0.05) is 12.1 Å². The van der Waals surface area contributed by atoms with Gasteiger partial charge < -0.3 is 5.11 Å². The molecule has 0 saturated carbocycles. The fraction of sp³-hybridized carbons (Fsp3) is 0.667. The van der Waals surface area contributed by atoms with Crippen LogP contribution in [0.15, 0.2) is 6.20 Å². The largest absolute Gasteiger partial charge is 0.481 e. The molecule has 78 valence electrons. The topological polar surface area (TPSA) is 68.0 Å². The molecule has 1 unspecified atom stereocenters. The average Bonchev–Trinajstić information content (AvgIpc) is 2.52. The van der Waals surface area contributed by atoms with Gasteiger partial charge in [-0.05, 0) is 13.8 Å². The van der Waals surface area contributed by atoms with Gasteiger partial charge in [0.2, 0.25) is 0 Å². The zero-order valence-electron chi connectivity index (χ0n) is 8.64. The fourth-order valence-corrected chi connectivity index (χ4v) is 1.06. The quantitative estimate of drug-likeness (QED) is 0.785. The lowest BCUT2D eigenvalue weighted by atomic mass is 10.1. The van der Waals surface area contributed by atoms with Crippen LogP contribution in [0.25, 0.3) is 0 Å². The van der Waals surface area contributed by atoms with Crippen LogP contribution in [0.1, 0.15) is 32.5 Å². The monoisotopic (exact) mass is 197 g/mol. The van der Waals surface area contributed by atoms with Crippen LogP contribution in [-0.4, -0.2) is 26.1 Å². The molecule has 1 N–H and O–H groups in total. The molecular weight excluding hydrogens is 182 g/mol. The normalized spacial score (nSPS) is 13.1. The summed E-state index contributed by atoms with van der Waals surface area (Å²) in [5.41, 5.74) is 0.730. The fourth-order valence-electron chi connectivity index (χ4n) is 1.06. The number of hydrogen-bond acceptors (Lipinski definition) is 3. The summed E-state index contributed by atoms with van der Waals surface area (Å²) in [7, 11) is 0. The van der Waals surface area contributed by atoms with E-state index in [9.17, 15) is 4.79 Å². The molecule has 0 aliphatic carbocycles. The molecule has 1 rings (SSSR count). The van der Waals surface area contributed by atoms with Gasteiger partial charge in [0, 0.05) is 18.7 Å². The molecule has 0 aliphatic rings. The Labute approximate surface area is 82.7 Å². The maximum Gasteiger partial charge on any atom is 0.306 e. The molecule has 5 heteroatoms. The van der Waals surface area contributed by atoms with Crippen molar-refractivity contribution in [1.82, 2.24) is 15.0 Å². The van der Waals surface area contributed by atoms with Crippen molar-refractivity contribution in [1.29, 1.82) is 0 Å². The van der Waals surface area contributed by atoms with Crippen LogP contribution in [0, 0.1) is 5.92 Å². The van der Waals surface area contributed by atoms with Crippen molar-refractivity contribution < 1.29 is 9.90 Å². The van der Waals surface area contributed by atoms with Crippen molar-refractivity contribution in [3.05, 3.63) is 11.9 Å². The Morgan fingerprint density at radius 1 is 1.57 bits per heavy atom. The predicted molar refractivity (Wildman–Crippen MR) is 50.9 cm³/mol. The molecular formula is C9H15N3O2. The molecule has 0 amide bonds. The minimum Gasteiger partial charge on any atom is -0.481 e. The maximum atomic E-state index is 10.6. The van der Waals surface area contributed by atoms with Gasteiger partial charge in [-0.25, -0.2) is 4.68 Å². The van der Waals surface area contributed by atoms with Crippen LogP contribution in [0.5, 0.6) is 0 Å². The van der Waals surface area contributed by atoms with Crippen LogP contribution < -0.4 is 0 Å². The molecule has 5 nitrogen and oxygen atoms in total. The summed E-state index contributed by atoms with van der Waals surface area (Å²) in [6, 6.07) is 0.261. The van der Waals surface area contributed by atoms with Crippen LogP contribution >= 0.6 is 0 Å². The van der Waals surface area contributed by atoms with Crippen molar-refractivity contribution in [3.63, 3.8) is 0 Å². The van der Waals surface area contributed by atoms with Gasteiger partial charge in [0.1, 0.15) is 0 Å². The highest BCUT2D eigenvalue weighted by molar-refractivity contribution is 5.69. The van der Waals surface area contributed by atoms with E-state index in [2.05, 4.69) is 10.3 Å². The minimum atomic E-state index is -0.802. The number of aliphatic carboxylic acids is 1. The summed E-state index contributed by atoms with van der Waals surface area (Å²) in [6.45, 7) is 5.66. The Kier molecular flexibility index (Phi) is 3.22. The Hall–Kier alpha value is -1.39. The molecule has 14 heavy (non-hydrogen) atoms. The van der Waals surface area contributed by atoms with Crippen molar-refractivity contribution in [2.24, 2.45) is 5.92 Å². The van der Waals surface area contributed by atoms with Crippen molar-refractivity contribution in [3.8, 4) is 0 Å². The lowest BCUT2D eigenvalue weighted by Crippen LogP contribution is -2.12. The summed E-state index contributed by atoms with van der Waals surface area (Å²) >= 11 is 0. The third-order valence-corrected chi connectivity index (χ3v) is 2.02. The van der Waals surface area contributed by atoms with E-state index < -0.39 is 11.9 Å². The number of carboxylic acid groups (broad SMARTS) is 1. The van der Waals surface area contributed by atoms with Crippen molar-refractivity contribution >= 4 is 5.97 Å². The number of rotatable bonds is 4. The zero-order chi connectivity index (χ0) is 10.7. The van der Waals surface area contributed by atoms with Gasteiger partial charge >= 0.3 is 5.97 Å². The highest BCUT2D eigenvalue weighted by atomic mass is 16.4. The molecule has 0 radical (unpaired) electrons. The molecule has 1 aromatic heterocycles. The molecule has 0 aromatic carbocycles. The van der Waals surface area contributed by atoms with Gasteiger partial charge in [0.05, 0.1) is 11.6 Å². The van der Waals surface area contributed by atoms with Gasteiger partial charge in [-0.15, -0.1) is 5.10 Å². The predicted octanol–water partition coefficient (Wildman–Crippen LogP) is 1.12. The molecule has 0 fully saturated rings. The molecule has 0 saturated heterocycles. The molecule has 1 atom stereocenters. The van der Waals surface area contributed by atoms with E-state index in [1.54, 1.807) is 17.8 Å². The number of hydrogen-bond donors (Lipinski definition) is 1.